The molecule has 1 saturated heterocycles. The van der Waals surface area contributed by atoms with Gasteiger partial charge in [0.25, 0.3) is 5.91 Å². The van der Waals surface area contributed by atoms with Gasteiger partial charge in [0.1, 0.15) is 6.10 Å². The number of carbonyl (C=O) groups excluding carboxylic acids is 1. The second kappa shape index (κ2) is 7.30. The van der Waals surface area contributed by atoms with Gasteiger partial charge >= 0.3 is 0 Å². The van der Waals surface area contributed by atoms with Gasteiger partial charge in [0.15, 0.2) is 0 Å². The monoisotopic (exact) mass is 345 g/mol. The van der Waals surface area contributed by atoms with Gasteiger partial charge in [-0.1, -0.05) is 54.6 Å². The number of piperidine rings is 1. The lowest BCUT2D eigenvalue weighted by molar-refractivity contribution is 0.0724. The van der Waals surface area contributed by atoms with Gasteiger partial charge in [0.05, 0.1) is 0 Å². The van der Waals surface area contributed by atoms with E-state index in [1.165, 1.54) is 6.42 Å². The molecular weight excluding hydrogens is 322 g/mol. The van der Waals surface area contributed by atoms with Crippen LogP contribution in [0.5, 0.6) is 0 Å². The van der Waals surface area contributed by atoms with E-state index in [4.69, 9.17) is 0 Å². The molecule has 1 heterocycles. The fourth-order valence-electron chi connectivity index (χ4n) is 3.79. The highest BCUT2D eigenvalue weighted by atomic mass is 16.3. The minimum atomic E-state index is -0.754. The van der Waals surface area contributed by atoms with Crippen LogP contribution in [0.1, 0.15) is 46.9 Å². The molecule has 0 bridgehead atoms. The smallest absolute Gasteiger partial charge is 0.253 e. The SMILES string of the molecule is O=C(c1cccc([C@@H](O)c2cccc3ccccc23)c1)N1CCCCC1. The van der Waals surface area contributed by atoms with Crippen LogP contribution < -0.4 is 0 Å². The van der Waals surface area contributed by atoms with E-state index in [0.717, 1.165) is 47.8 Å². The first-order valence-electron chi connectivity index (χ1n) is 9.29. The van der Waals surface area contributed by atoms with Gasteiger partial charge in [0, 0.05) is 18.7 Å². The molecule has 1 aliphatic rings. The zero-order valence-corrected chi connectivity index (χ0v) is 14.8. The largest absolute Gasteiger partial charge is 0.384 e. The first-order valence-corrected chi connectivity index (χ1v) is 9.29. The molecule has 0 unspecified atom stereocenters. The van der Waals surface area contributed by atoms with Gasteiger partial charge in [-0.15, -0.1) is 0 Å². The van der Waals surface area contributed by atoms with Crippen LogP contribution in [-0.4, -0.2) is 29.0 Å². The third-order valence-electron chi connectivity index (χ3n) is 5.21. The number of hydrogen-bond acceptors (Lipinski definition) is 2. The summed E-state index contributed by atoms with van der Waals surface area (Å²) in [6, 6.07) is 21.4. The maximum atomic E-state index is 12.8. The summed E-state index contributed by atoms with van der Waals surface area (Å²) in [4.78, 5) is 14.7. The summed E-state index contributed by atoms with van der Waals surface area (Å²) in [7, 11) is 0. The fraction of sp³-hybridized carbons (Fsp3) is 0.261. The summed E-state index contributed by atoms with van der Waals surface area (Å²) in [5, 5.41) is 13.1. The molecule has 3 nitrogen and oxygen atoms in total. The quantitative estimate of drug-likeness (QED) is 0.757. The Kier molecular flexibility index (Phi) is 4.72. The average molecular weight is 345 g/mol. The highest BCUT2D eigenvalue weighted by Crippen LogP contribution is 2.29. The zero-order valence-electron chi connectivity index (χ0n) is 14.8. The van der Waals surface area contributed by atoms with Crippen molar-refractivity contribution in [3.8, 4) is 0 Å². The summed E-state index contributed by atoms with van der Waals surface area (Å²) in [6.45, 7) is 1.66. The minimum absolute atomic E-state index is 0.0664. The number of fused-ring (bicyclic) bond motifs is 1. The summed E-state index contributed by atoms with van der Waals surface area (Å²) in [5.41, 5.74) is 2.28. The van der Waals surface area contributed by atoms with E-state index in [0.29, 0.717) is 5.56 Å². The third-order valence-corrected chi connectivity index (χ3v) is 5.21. The number of carbonyl (C=O) groups is 1. The fourth-order valence-corrected chi connectivity index (χ4v) is 3.79. The van der Waals surface area contributed by atoms with E-state index in [9.17, 15) is 9.90 Å². The molecule has 0 spiro atoms. The Balaban J connectivity index is 1.66. The standard InChI is InChI=1S/C23H23NO2/c25-22(21-13-7-9-17-8-2-3-12-20(17)21)18-10-6-11-19(16-18)23(26)24-14-4-1-5-15-24/h2-3,6-13,16,22,25H,1,4-5,14-15H2/t22-/m1/s1. The van der Waals surface area contributed by atoms with E-state index in [2.05, 4.69) is 0 Å². The van der Waals surface area contributed by atoms with Gasteiger partial charge in [0.2, 0.25) is 0 Å². The highest BCUT2D eigenvalue weighted by molar-refractivity contribution is 5.94. The van der Waals surface area contributed by atoms with Gasteiger partial charge in [-0.25, -0.2) is 0 Å². The summed E-state index contributed by atoms with van der Waals surface area (Å²) >= 11 is 0. The molecule has 26 heavy (non-hydrogen) atoms. The Morgan fingerprint density at radius 2 is 1.62 bits per heavy atom. The molecule has 1 atom stereocenters. The Morgan fingerprint density at radius 1 is 0.885 bits per heavy atom. The van der Waals surface area contributed by atoms with E-state index in [1.807, 2.05) is 71.6 Å². The molecule has 3 aromatic carbocycles. The first-order chi connectivity index (χ1) is 12.7. The molecule has 0 aliphatic carbocycles. The van der Waals surface area contributed by atoms with Crippen molar-refractivity contribution in [1.29, 1.82) is 0 Å². The van der Waals surface area contributed by atoms with Crippen molar-refractivity contribution >= 4 is 16.7 Å². The van der Waals surface area contributed by atoms with Crippen LogP contribution in [-0.2, 0) is 0 Å². The van der Waals surface area contributed by atoms with E-state index >= 15 is 0 Å². The molecule has 1 amide bonds. The number of aliphatic hydroxyl groups excluding tert-OH is 1. The Labute approximate surface area is 153 Å². The molecule has 1 N–H and O–H groups in total. The van der Waals surface area contributed by atoms with Crippen molar-refractivity contribution < 1.29 is 9.90 Å². The topological polar surface area (TPSA) is 40.5 Å². The van der Waals surface area contributed by atoms with Crippen LogP contribution >= 0.6 is 0 Å². The van der Waals surface area contributed by atoms with Crippen molar-refractivity contribution in [3.05, 3.63) is 83.4 Å². The zero-order chi connectivity index (χ0) is 17.9. The van der Waals surface area contributed by atoms with E-state index in [1.54, 1.807) is 0 Å². The second-order valence-electron chi connectivity index (χ2n) is 6.95. The minimum Gasteiger partial charge on any atom is -0.384 e. The predicted molar refractivity (Wildman–Crippen MR) is 104 cm³/mol. The molecule has 0 aromatic heterocycles. The van der Waals surface area contributed by atoms with Crippen LogP contribution in [0.4, 0.5) is 0 Å². The highest BCUT2D eigenvalue weighted by Gasteiger charge is 2.20. The van der Waals surface area contributed by atoms with Crippen LogP contribution in [0, 0.1) is 0 Å². The van der Waals surface area contributed by atoms with Crippen LogP contribution in [0.25, 0.3) is 10.8 Å². The molecule has 132 valence electrons. The lowest BCUT2D eigenvalue weighted by Gasteiger charge is -2.27. The number of likely N-dealkylation sites (tertiary alicyclic amines) is 1. The van der Waals surface area contributed by atoms with Crippen molar-refractivity contribution in [2.75, 3.05) is 13.1 Å². The Morgan fingerprint density at radius 3 is 2.46 bits per heavy atom. The lowest BCUT2D eigenvalue weighted by Crippen LogP contribution is -2.35. The molecule has 3 heteroatoms. The van der Waals surface area contributed by atoms with Gasteiger partial charge in [-0.3, -0.25) is 4.79 Å². The van der Waals surface area contributed by atoms with Crippen molar-refractivity contribution in [2.24, 2.45) is 0 Å². The van der Waals surface area contributed by atoms with E-state index in [-0.39, 0.29) is 5.91 Å². The van der Waals surface area contributed by atoms with Crippen molar-refractivity contribution in [1.82, 2.24) is 4.90 Å². The predicted octanol–water partition coefficient (Wildman–Crippen LogP) is 4.55. The van der Waals surface area contributed by atoms with Gasteiger partial charge < -0.3 is 10.0 Å². The summed E-state index contributed by atoms with van der Waals surface area (Å²) < 4.78 is 0. The maximum Gasteiger partial charge on any atom is 0.253 e. The number of aliphatic hydroxyl groups is 1. The van der Waals surface area contributed by atoms with Crippen molar-refractivity contribution in [3.63, 3.8) is 0 Å². The number of rotatable bonds is 3. The number of amides is 1. The first kappa shape index (κ1) is 16.8. The molecule has 0 saturated carbocycles. The van der Waals surface area contributed by atoms with Gasteiger partial charge in [-0.2, -0.15) is 0 Å². The van der Waals surface area contributed by atoms with Crippen LogP contribution in [0.15, 0.2) is 66.7 Å². The van der Waals surface area contributed by atoms with Crippen LogP contribution in [0.2, 0.25) is 0 Å². The average Bonchev–Trinajstić information content (AvgIpc) is 2.73. The summed E-state index contributed by atoms with van der Waals surface area (Å²) in [6.07, 6.45) is 2.59. The van der Waals surface area contributed by atoms with Crippen LogP contribution in [0.3, 0.4) is 0 Å². The number of benzene rings is 3. The second-order valence-corrected chi connectivity index (χ2v) is 6.95. The molecular formula is C23H23NO2. The Bertz CT molecular complexity index is 923. The summed E-state index contributed by atoms with van der Waals surface area (Å²) in [5.74, 6) is 0.0664. The van der Waals surface area contributed by atoms with Crippen molar-refractivity contribution in [2.45, 2.75) is 25.4 Å². The molecule has 1 fully saturated rings. The molecule has 3 aromatic rings. The number of hydrogen-bond donors (Lipinski definition) is 1. The molecule has 1 aliphatic heterocycles. The maximum absolute atomic E-state index is 12.8. The van der Waals surface area contributed by atoms with Gasteiger partial charge in [-0.05, 0) is 53.3 Å². The third kappa shape index (κ3) is 3.23. The molecule has 0 radical (unpaired) electrons. The normalized spacial score (nSPS) is 15.8. The Hall–Kier alpha value is -2.65. The van der Waals surface area contributed by atoms with E-state index < -0.39 is 6.10 Å². The molecule has 4 rings (SSSR count). The number of nitrogens with zero attached hydrogens (tertiary/aromatic N) is 1. The lowest BCUT2D eigenvalue weighted by atomic mass is 9.95.